The highest BCUT2D eigenvalue weighted by atomic mass is 16.5. The van der Waals surface area contributed by atoms with Crippen LogP contribution >= 0.6 is 0 Å². The Morgan fingerprint density at radius 1 is 0.388 bits per heavy atom. The summed E-state index contributed by atoms with van der Waals surface area (Å²) in [5, 5.41) is 3.61. The molecule has 0 atom stereocenters. The highest BCUT2D eigenvalue weighted by Gasteiger charge is 2.13. The smallest absolute Gasteiger partial charge is 0.305 e. The Kier molecular flexibility index (Phi) is 38.8. The molecular weight excluding hydrogens is 606 g/mol. The molecule has 0 fully saturated rings. The third kappa shape index (κ3) is 36.5. The van der Waals surface area contributed by atoms with Crippen LogP contribution in [0, 0.1) is 11.8 Å². The molecule has 0 aliphatic rings. The van der Waals surface area contributed by atoms with E-state index < -0.39 is 0 Å². The van der Waals surface area contributed by atoms with Crippen LogP contribution in [0.3, 0.4) is 0 Å². The molecule has 0 bridgehead atoms. The summed E-state index contributed by atoms with van der Waals surface area (Å²) in [7, 11) is 0. The van der Waals surface area contributed by atoms with E-state index in [4.69, 9.17) is 9.47 Å². The first kappa shape index (κ1) is 47.9. The van der Waals surface area contributed by atoms with Gasteiger partial charge in [0.15, 0.2) is 0 Å². The minimum absolute atomic E-state index is 0.0182. The van der Waals surface area contributed by atoms with Crippen LogP contribution < -0.4 is 5.32 Å². The fourth-order valence-corrected chi connectivity index (χ4v) is 7.00. The second-order valence-corrected chi connectivity index (χ2v) is 15.2. The van der Waals surface area contributed by atoms with Crippen LogP contribution in [0.15, 0.2) is 0 Å². The molecule has 1 N–H and O–H groups in total. The van der Waals surface area contributed by atoms with E-state index in [0.717, 1.165) is 38.8 Å². The molecule has 0 spiro atoms. The van der Waals surface area contributed by atoms with Gasteiger partial charge in [-0.05, 0) is 63.5 Å². The maximum Gasteiger partial charge on any atom is 0.305 e. The van der Waals surface area contributed by atoms with Crippen molar-refractivity contribution in [2.75, 3.05) is 26.3 Å². The number of nitrogens with one attached hydrogen (secondary N) is 1. The summed E-state index contributed by atoms with van der Waals surface area (Å²) >= 11 is 0. The Morgan fingerprint density at radius 2 is 0.694 bits per heavy atom. The SMILES string of the molecule is CCCCCC(CCCCC)CCC(=O)OCCCCCCCCNCCCCCCCCOC(=O)CCC(CCCCC)CCCCC. The van der Waals surface area contributed by atoms with Crippen molar-refractivity contribution in [3.8, 4) is 0 Å². The third-order valence-corrected chi connectivity index (χ3v) is 10.4. The van der Waals surface area contributed by atoms with E-state index >= 15 is 0 Å². The summed E-state index contributed by atoms with van der Waals surface area (Å²) < 4.78 is 11.1. The predicted octanol–water partition coefficient (Wildman–Crippen LogP) is 13.5. The molecular formula is C44H87NO4. The zero-order chi connectivity index (χ0) is 35.9. The van der Waals surface area contributed by atoms with E-state index in [1.165, 1.54) is 167 Å². The molecule has 0 saturated carbocycles. The number of carbonyl (C=O) groups excluding carboxylic acids is 2. The first-order valence-corrected chi connectivity index (χ1v) is 22.1. The van der Waals surface area contributed by atoms with E-state index in [1.54, 1.807) is 0 Å². The molecule has 0 amide bonds. The molecule has 0 unspecified atom stereocenters. The molecule has 0 heterocycles. The third-order valence-electron chi connectivity index (χ3n) is 10.4. The molecule has 0 aromatic carbocycles. The number of hydrogen-bond donors (Lipinski definition) is 1. The molecule has 0 radical (unpaired) electrons. The molecule has 0 aromatic heterocycles. The molecule has 0 aliphatic carbocycles. The van der Waals surface area contributed by atoms with Crippen molar-refractivity contribution in [2.45, 2.75) is 233 Å². The Balaban J connectivity index is 3.52. The summed E-state index contributed by atoms with van der Waals surface area (Å²) in [4.78, 5) is 24.5. The van der Waals surface area contributed by atoms with Crippen molar-refractivity contribution >= 4 is 11.9 Å². The van der Waals surface area contributed by atoms with Crippen molar-refractivity contribution in [2.24, 2.45) is 11.8 Å². The quantitative estimate of drug-likeness (QED) is 0.0511. The zero-order valence-electron chi connectivity index (χ0n) is 33.7. The van der Waals surface area contributed by atoms with Gasteiger partial charge in [-0.1, -0.05) is 182 Å². The maximum absolute atomic E-state index is 12.2. The molecule has 0 rings (SSSR count). The summed E-state index contributed by atoms with van der Waals surface area (Å²) in [6.07, 6.45) is 38.4. The highest BCUT2D eigenvalue weighted by Crippen LogP contribution is 2.24. The number of rotatable bonds is 40. The minimum Gasteiger partial charge on any atom is -0.466 e. The van der Waals surface area contributed by atoms with Crippen LogP contribution in [0.4, 0.5) is 0 Å². The number of esters is 2. The summed E-state index contributed by atoms with van der Waals surface area (Å²) in [6.45, 7) is 12.5. The number of hydrogen-bond acceptors (Lipinski definition) is 5. The minimum atomic E-state index is 0.0182. The van der Waals surface area contributed by atoms with Gasteiger partial charge in [-0.15, -0.1) is 0 Å². The Bertz CT molecular complexity index is 608. The molecule has 49 heavy (non-hydrogen) atoms. The average molecular weight is 694 g/mol. The van der Waals surface area contributed by atoms with Crippen molar-refractivity contribution in [3.63, 3.8) is 0 Å². The van der Waals surface area contributed by atoms with E-state index in [1.807, 2.05) is 0 Å². The lowest BCUT2D eigenvalue weighted by Crippen LogP contribution is -2.16. The highest BCUT2D eigenvalue weighted by molar-refractivity contribution is 5.69. The van der Waals surface area contributed by atoms with E-state index in [0.29, 0.717) is 37.9 Å². The van der Waals surface area contributed by atoms with Crippen LogP contribution in [0.2, 0.25) is 0 Å². The van der Waals surface area contributed by atoms with Gasteiger partial charge in [0.25, 0.3) is 0 Å². The molecule has 0 aromatic rings. The van der Waals surface area contributed by atoms with E-state index in [-0.39, 0.29) is 11.9 Å². The molecule has 5 heteroatoms. The monoisotopic (exact) mass is 694 g/mol. The lowest BCUT2D eigenvalue weighted by atomic mass is 9.91. The van der Waals surface area contributed by atoms with Gasteiger partial charge in [-0.3, -0.25) is 9.59 Å². The Labute approximate surface area is 307 Å². The van der Waals surface area contributed by atoms with Crippen molar-refractivity contribution in [3.05, 3.63) is 0 Å². The van der Waals surface area contributed by atoms with Crippen LogP contribution in [-0.2, 0) is 19.1 Å². The van der Waals surface area contributed by atoms with Gasteiger partial charge < -0.3 is 14.8 Å². The molecule has 0 aliphatic heterocycles. The summed E-state index contributed by atoms with van der Waals surface area (Å²) in [5.41, 5.74) is 0. The van der Waals surface area contributed by atoms with E-state index in [9.17, 15) is 9.59 Å². The predicted molar refractivity (Wildman–Crippen MR) is 212 cm³/mol. The Hall–Kier alpha value is -1.10. The fourth-order valence-electron chi connectivity index (χ4n) is 7.00. The summed E-state index contributed by atoms with van der Waals surface area (Å²) in [6, 6.07) is 0. The summed E-state index contributed by atoms with van der Waals surface area (Å²) in [5.74, 6) is 1.44. The van der Waals surface area contributed by atoms with Gasteiger partial charge in [0.05, 0.1) is 13.2 Å². The van der Waals surface area contributed by atoms with Crippen LogP contribution in [-0.4, -0.2) is 38.2 Å². The van der Waals surface area contributed by atoms with Crippen LogP contribution in [0.1, 0.15) is 233 Å². The average Bonchev–Trinajstić information content (AvgIpc) is 3.10. The normalized spacial score (nSPS) is 11.6. The zero-order valence-corrected chi connectivity index (χ0v) is 33.7. The van der Waals surface area contributed by atoms with Crippen molar-refractivity contribution < 1.29 is 19.1 Å². The van der Waals surface area contributed by atoms with Gasteiger partial charge in [-0.2, -0.15) is 0 Å². The van der Waals surface area contributed by atoms with Gasteiger partial charge in [0.1, 0.15) is 0 Å². The topological polar surface area (TPSA) is 64.6 Å². The van der Waals surface area contributed by atoms with Gasteiger partial charge >= 0.3 is 11.9 Å². The second kappa shape index (κ2) is 39.7. The van der Waals surface area contributed by atoms with Crippen LogP contribution in [0.5, 0.6) is 0 Å². The number of ether oxygens (including phenoxy) is 2. The molecule has 0 saturated heterocycles. The van der Waals surface area contributed by atoms with Gasteiger partial charge in [-0.25, -0.2) is 0 Å². The first-order valence-electron chi connectivity index (χ1n) is 22.1. The second-order valence-electron chi connectivity index (χ2n) is 15.2. The van der Waals surface area contributed by atoms with Crippen LogP contribution in [0.25, 0.3) is 0 Å². The molecule has 5 nitrogen and oxygen atoms in total. The number of unbranched alkanes of at least 4 members (excludes halogenated alkanes) is 18. The van der Waals surface area contributed by atoms with Gasteiger partial charge in [0, 0.05) is 12.8 Å². The van der Waals surface area contributed by atoms with E-state index in [2.05, 4.69) is 33.0 Å². The lowest BCUT2D eigenvalue weighted by Gasteiger charge is -2.16. The fraction of sp³-hybridized carbons (Fsp3) is 0.955. The Morgan fingerprint density at radius 3 is 1.02 bits per heavy atom. The van der Waals surface area contributed by atoms with Crippen molar-refractivity contribution in [1.82, 2.24) is 5.32 Å². The van der Waals surface area contributed by atoms with Gasteiger partial charge in [0.2, 0.25) is 0 Å². The lowest BCUT2D eigenvalue weighted by molar-refractivity contribution is -0.145. The van der Waals surface area contributed by atoms with Crippen molar-refractivity contribution in [1.29, 1.82) is 0 Å². The first-order chi connectivity index (χ1) is 24.1. The largest absolute Gasteiger partial charge is 0.466 e. The maximum atomic E-state index is 12.2. The molecule has 292 valence electrons. The standard InChI is InChI=1S/C44H87NO4/c1-5-9-21-29-41(30-22-10-6-2)33-35-43(46)48-39-27-19-15-13-17-25-37-45-38-26-18-14-16-20-28-40-49-44(47)36-34-42(31-23-11-7-3)32-24-12-8-4/h41-42,45H,5-40H2,1-4H3. The number of carbonyl (C=O) groups is 2.